The number of rotatable bonds is 2. The molecular formula is C12H16N4O2. The van der Waals surface area contributed by atoms with Gasteiger partial charge in [-0.3, -0.25) is 14.3 Å². The van der Waals surface area contributed by atoms with Gasteiger partial charge < -0.3 is 9.80 Å². The van der Waals surface area contributed by atoms with Gasteiger partial charge in [0.2, 0.25) is 5.91 Å². The highest BCUT2D eigenvalue weighted by Gasteiger charge is 2.37. The van der Waals surface area contributed by atoms with E-state index in [0.29, 0.717) is 24.8 Å². The van der Waals surface area contributed by atoms with Gasteiger partial charge in [-0.1, -0.05) is 0 Å². The normalized spacial score (nSPS) is 20.4. The second kappa shape index (κ2) is 4.12. The Hall–Kier alpha value is -1.85. The van der Waals surface area contributed by atoms with Gasteiger partial charge >= 0.3 is 0 Å². The molecule has 2 heterocycles. The van der Waals surface area contributed by atoms with Gasteiger partial charge in [-0.25, -0.2) is 0 Å². The maximum atomic E-state index is 12.2. The Labute approximate surface area is 105 Å². The SMILES string of the molecule is Cn1nccc1C(=O)N1CCN(C2CC2)C(=O)C1. The summed E-state index contributed by atoms with van der Waals surface area (Å²) in [5.41, 5.74) is 0.530. The summed E-state index contributed by atoms with van der Waals surface area (Å²) in [5, 5.41) is 3.98. The van der Waals surface area contributed by atoms with Crippen LogP contribution in [-0.2, 0) is 11.8 Å². The average molecular weight is 248 g/mol. The van der Waals surface area contributed by atoms with Crippen molar-refractivity contribution in [1.82, 2.24) is 19.6 Å². The first kappa shape index (κ1) is 11.3. The van der Waals surface area contributed by atoms with E-state index in [0.717, 1.165) is 12.8 Å². The summed E-state index contributed by atoms with van der Waals surface area (Å²) in [5.74, 6) is -0.0435. The summed E-state index contributed by atoms with van der Waals surface area (Å²) in [6.45, 7) is 1.47. The molecular weight excluding hydrogens is 232 g/mol. The molecule has 1 saturated carbocycles. The lowest BCUT2D eigenvalue weighted by Crippen LogP contribution is -2.53. The zero-order valence-electron chi connectivity index (χ0n) is 10.4. The van der Waals surface area contributed by atoms with Gasteiger partial charge in [0.1, 0.15) is 12.2 Å². The first-order valence-electron chi connectivity index (χ1n) is 6.23. The zero-order valence-corrected chi connectivity index (χ0v) is 10.4. The van der Waals surface area contributed by atoms with Gasteiger partial charge in [-0.05, 0) is 18.9 Å². The molecule has 0 aromatic carbocycles. The molecule has 2 aliphatic rings. The van der Waals surface area contributed by atoms with Crippen molar-refractivity contribution >= 4 is 11.8 Å². The molecule has 2 fully saturated rings. The Bertz CT molecular complexity index is 492. The molecule has 0 radical (unpaired) electrons. The van der Waals surface area contributed by atoms with Crippen molar-refractivity contribution in [1.29, 1.82) is 0 Å². The van der Waals surface area contributed by atoms with Crippen LogP contribution in [0.15, 0.2) is 12.3 Å². The number of carbonyl (C=O) groups excluding carboxylic acids is 2. The van der Waals surface area contributed by atoms with E-state index in [1.807, 2.05) is 4.90 Å². The molecule has 1 aromatic rings. The fraction of sp³-hybridized carbons (Fsp3) is 0.583. The molecule has 1 aromatic heterocycles. The predicted octanol–water partition coefficient (Wildman–Crippen LogP) is -0.133. The maximum absolute atomic E-state index is 12.2. The Balaban J connectivity index is 1.69. The summed E-state index contributed by atoms with van der Waals surface area (Å²) >= 11 is 0. The smallest absolute Gasteiger partial charge is 0.272 e. The predicted molar refractivity (Wildman–Crippen MR) is 63.8 cm³/mol. The third kappa shape index (κ3) is 1.87. The summed E-state index contributed by atoms with van der Waals surface area (Å²) in [7, 11) is 1.73. The van der Waals surface area contributed by atoms with E-state index in [1.54, 1.807) is 28.9 Å². The van der Waals surface area contributed by atoms with Crippen molar-refractivity contribution in [3.05, 3.63) is 18.0 Å². The second-order valence-corrected chi connectivity index (χ2v) is 4.89. The lowest BCUT2D eigenvalue weighted by Gasteiger charge is -2.34. The van der Waals surface area contributed by atoms with E-state index in [4.69, 9.17) is 0 Å². The summed E-state index contributed by atoms with van der Waals surface area (Å²) in [6.07, 6.45) is 3.82. The number of nitrogens with zero attached hydrogens (tertiary/aromatic N) is 4. The van der Waals surface area contributed by atoms with Crippen LogP contribution in [0.4, 0.5) is 0 Å². The molecule has 96 valence electrons. The monoisotopic (exact) mass is 248 g/mol. The second-order valence-electron chi connectivity index (χ2n) is 4.89. The highest BCUT2D eigenvalue weighted by atomic mass is 16.2. The molecule has 2 amide bonds. The van der Waals surface area contributed by atoms with Gasteiger partial charge in [0.25, 0.3) is 5.91 Å². The Kier molecular flexibility index (Phi) is 2.57. The van der Waals surface area contributed by atoms with Crippen LogP contribution in [0.1, 0.15) is 23.3 Å². The lowest BCUT2D eigenvalue weighted by molar-refractivity contribution is -0.135. The molecule has 1 saturated heterocycles. The minimum atomic E-state index is -0.112. The topological polar surface area (TPSA) is 58.4 Å². The number of hydrogen-bond donors (Lipinski definition) is 0. The van der Waals surface area contributed by atoms with Crippen molar-refractivity contribution in [2.45, 2.75) is 18.9 Å². The average Bonchev–Trinajstić information content (AvgIpc) is 3.10. The van der Waals surface area contributed by atoms with Gasteiger partial charge in [0.05, 0.1) is 0 Å². The first-order valence-corrected chi connectivity index (χ1v) is 6.23. The third-order valence-electron chi connectivity index (χ3n) is 3.57. The number of aromatic nitrogens is 2. The van der Waals surface area contributed by atoms with E-state index < -0.39 is 0 Å². The third-order valence-corrected chi connectivity index (χ3v) is 3.57. The van der Waals surface area contributed by atoms with Crippen LogP contribution in [0.5, 0.6) is 0 Å². The van der Waals surface area contributed by atoms with Crippen molar-refractivity contribution in [3.8, 4) is 0 Å². The lowest BCUT2D eigenvalue weighted by atomic mass is 10.2. The van der Waals surface area contributed by atoms with Gasteiger partial charge in [0.15, 0.2) is 0 Å². The molecule has 1 aliphatic heterocycles. The molecule has 0 N–H and O–H groups in total. The van der Waals surface area contributed by atoms with Crippen LogP contribution >= 0.6 is 0 Å². The van der Waals surface area contributed by atoms with E-state index in [9.17, 15) is 9.59 Å². The van der Waals surface area contributed by atoms with E-state index in [2.05, 4.69) is 5.10 Å². The number of piperazine rings is 1. The van der Waals surface area contributed by atoms with Crippen LogP contribution in [0.3, 0.4) is 0 Å². The summed E-state index contributed by atoms with van der Waals surface area (Å²) in [4.78, 5) is 27.7. The van der Waals surface area contributed by atoms with Crippen molar-refractivity contribution in [2.75, 3.05) is 19.6 Å². The van der Waals surface area contributed by atoms with Gasteiger partial charge in [-0.2, -0.15) is 5.10 Å². The van der Waals surface area contributed by atoms with Crippen LogP contribution in [-0.4, -0.2) is 57.1 Å². The molecule has 1 aliphatic carbocycles. The number of amides is 2. The first-order chi connectivity index (χ1) is 8.66. The van der Waals surface area contributed by atoms with Crippen molar-refractivity contribution in [3.63, 3.8) is 0 Å². The Morgan fingerprint density at radius 2 is 2.17 bits per heavy atom. The Morgan fingerprint density at radius 1 is 1.39 bits per heavy atom. The minimum Gasteiger partial charge on any atom is -0.336 e. The number of aryl methyl sites for hydroxylation is 1. The Morgan fingerprint density at radius 3 is 2.72 bits per heavy atom. The molecule has 0 spiro atoms. The molecule has 0 atom stereocenters. The highest BCUT2D eigenvalue weighted by Crippen LogP contribution is 2.28. The molecule has 3 rings (SSSR count). The van der Waals surface area contributed by atoms with Crippen LogP contribution in [0.2, 0.25) is 0 Å². The van der Waals surface area contributed by atoms with Crippen molar-refractivity contribution < 1.29 is 9.59 Å². The van der Waals surface area contributed by atoms with E-state index >= 15 is 0 Å². The van der Waals surface area contributed by atoms with Crippen LogP contribution in [0, 0.1) is 0 Å². The summed E-state index contributed by atoms with van der Waals surface area (Å²) < 4.78 is 1.54. The van der Waals surface area contributed by atoms with E-state index in [-0.39, 0.29) is 18.4 Å². The van der Waals surface area contributed by atoms with E-state index in [1.165, 1.54) is 0 Å². The quantitative estimate of drug-likeness (QED) is 0.732. The van der Waals surface area contributed by atoms with Crippen LogP contribution < -0.4 is 0 Å². The summed E-state index contributed by atoms with van der Waals surface area (Å²) in [6, 6.07) is 2.12. The minimum absolute atomic E-state index is 0.0688. The highest BCUT2D eigenvalue weighted by molar-refractivity contribution is 5.95. The molecule has 18 heavy (non-hydrogen) atoms. The maximum Gasteiger partial charge on any atom is 0.272 e. The molecule has 0 unspecified atom stereocenters. The van der Waals surface area contributed by atoms with Crippen molar-refractivity contribution in [2.24, 2.45) is 7.05 Å². The fourth-order valence-electron chi connectivity index (χ4n) is 2.38. The number of carbonyl (C=O) groups is 2. The van der Waals surface area contributed by atoms with Crippen LogP contribution in [0.25, 0.3) is 0 Å². The molecule has 6 nitrogen and oxygen atoms in total. The fourth-order valence-corrected chi connectivity index (χ4v) is 2.38. The number of hydrogen-bond acceptors (Lipinski definition) is 3. The molecule has 6 heteroatoms. The largest absolute Gasteiger partial charge is 0.336 e. The molecule has 0 bridgehead atoms. The van der Waals surface area contributed by atoms with Gasteiger partial charge in [0, 0.05) is 32.4 Å². The zero-order chi connectivity index (χ0) is 12.7. The van der Waals surface area contributed by atoms with Gasteiger partial charge in [-0.15, -0.1) is 0 Å². The standard InChI is InChI=1S/C12H16N4O2/c1-14-10(4-5-13-14)12(18)15-6-7-16(9-2-3-9)11(17)8-15/h4-5,9H,2-3,6-8H2,1H3.